The van der Waals surface area contributed by atoms with Crippen molar-refractivity contribution in [3.05, 3.63) is 11.1 Å². The highest BCUT2D eigenvalue weighted by Crippen LogP contribution is 2.26. The molecule has 0 aromatic heterocycles. The Morgan fingerprint density at radius 1 is 1.15 bits per heavy atom. The van der Waals surface area contributed by atoms with Gasteiger partial charge in [0.1, 0.15) is 0 Å². The first kappa shape index (κ1) is 10.7. The quantitative estimate of drug-likeness (QED) is 0.628. The molecule has 1 aliphatic rings. The van der Waals surface area contributed by atoms with Crippen molar-refractivity contribution in [3.8, 4) is 0 Å². The first-order valence-electron chi connectivity index (χ1n) is 4.94. The summed E-state index contributed by atoms with van der Waals surface area (Å²) in [5.74, 6) is -0.323. The van der Waals surface area contributed by atoms with Crippen molar-refractivity contribution in [1.29, 1.82) is 0 Å². The molecule has 1 heterocycles. The molecule has 0 bridgehead atoms. The maximum Gasteiger partial charge on any atom is 0.166 e. The number of hydrogen-bond acceptors (Lipinski definition) is 2. The van der Waals surface area contributed by atoms with Gasteiger partial charge in [-0.1, -0.05) is 11.1 Å². The molecule has 0 aliphatic carbocycles. The van der Waals surface area contributed by atoms with Crippen LogP contribution in [0.15, 0.2) is 11.1 Å². The topological polar surface area (TPSA) is 18.5 Å². The zero-order chi connectivity index (χ0) is 9.90. The Hall–Kier alpha value is -0.340. The smallest absolute Gasteiger partial charge is 0.166 e. The summed E-state index contributed by atoms with van der Waals surface area (Å²) < 4.78 is 11.1. The van der Waals surface area contributed by atoms with E-state index < -0.39 is 0 Å². The minimum atomic E-state index is -0.323. The predicted molar refractivity (Wildman–Crippen MR) is 53.6 cm³/mol. The molecule has 0 N–H and O–H groups in total. The lowest BCUT2D eigenvalue weighted by molar-refractivity contribution is -0.146. The highest BCUT2D eigenvalue weighted by molar-refractivity contribution is 5.06. The molecule has 0 saturated carbocycles. The maximum absolute atomic E-state index is 5.53. The van der Waals surface area contributed by atoms with Gasteiger partial charge in [0.05, 0.1) is 13.2 Å². The average Bonchev–Trinajstić information content (AvgIpc) is 2.48. The normalized spacial score (nSPS) is 20.3. The largest absolute Gasteiger partial charge is 0.348 e. The third-order valence-electron chi connectivity index (χ3n) is 2.71. The van der Waals surface area contributed by atoms with E-state index in [4.69, 9.17) is 9.47 Å². The molecule has 0 aromatic carbocycles. The first-order valence-corrected chi connectivity index (χ1v) is 4.94. The number of hydrogen-bond donors (Lipinski definition) is 0. The van der Waals surface area contributed by atoms with Crippen LogP contribution < -0.4 is 0 Å². The van der Waals surface area contributed by atoms with Crippen molar-refractivity contribution >= 4 is 0 Å². The van der Waals surface area contributed by atoms with E-state index in [-0.39, 0.29) is 5.79 Å². The molecule has 1 aliphatic heterocycles. The summed E-state index contributed by atoms with van der Waals surface area (Å²) in [6.45, 7) is 9.97. The van der Waals surface area contributed by atoms with Crippen LogP contribution in [0.5, 0.6) is 0 Å². The van der Waals surface area contributed by atoms with Crippen LogP contribution in [-0.4, -0.2) is 19.0 Å². The molecule has 2 heteroatoms. The Balaban J connectivity index is 2.37. The number of ether oxygens (including phenoxy) is 2. The summed E-state index contributed by atoms with van der Waals surface area (Å²) in [5.41, 5.74) is 2.85. The minimum Gasteiger partial charge on any atom is -0.348 e. The van der Waals surface area contributed by atoms with Gasteiger partial charge in [0.25, 0.3) is 0 Å². The lowest BCUT2D eigenvalue weighted by Gasteiger charge is -2.22. The second-order valence-corrected chi connectivity index (χ2v) is 4.11. The van der Waals surface area contributed by atoms with Gasteiger partial charge in [-0.15, -0.1) is 0 Å². The van der Waals surface area contributed by atoms with Crippen molar-refractivity contribution in [1.82, 2.24) is 0 Å². The summed E-state index contributed by atoms with van der Waals surface area (Å²) in [6, 6.07) is 0. The minimum absolute atomic E-state index is 0.323. The van der Waals surface area contributed by atoms with Gasteiger partial charge in [-0.3, -0.25) is 0 Å². The molecule has 2 nitrogen and oxygen atoms in total. The van der Waals surface area contributed by atoms with E-state index in [1.54, 1.807) is 0 Å². The standard InChI is InChI=1S/C11H20O2/c1-9(2)10(3)5-6-11(4)12-7-8-13-11/h5-8H2,1-4H3. The van der Waals surface area contributed by atoms with Gasteiger partial charge >= 0.3 is 0 Å². The molecular formula is C11H20O2. The van der Waals surface area contributed by atoms with E-state index >= 15 is 0 Å². The summed E-state index contributed by atoms with van der Waals surface area (Å²) in [5, 5.41) is 0. The van der Waals surface area contributed by atoms with Gasteiger partial charge in [-0.2, -0.15) is 0 Å². The van der Waals surface area contributed by atoms with Gasteiger partial charge in [0, 0.05) is 6.42 Å². The Morgan fingerprint density at radius 2 is 1.69 bits per heavy atom. The van der Waals surface area contributed by atoms with Crippen LogP contribution in [0.25, 0.3) is 0 Å². The van der Waals surface area contributed by atoms with Crippen LogP contribution in [-0.2, 0) is 9.47 Å². The molecular weight excluding hydrogens is 164 g/mol. The fourth-order valence-electron chi connectivity index (χ4n) is 1.37. The molecule has 0 aromatic rings. The molecule has 0 spiro atoms. The Kier molecular flexibility index (Phi) is 3.51. The summed E-state index contributed by atoms with van der Waals surface area (Å²) in [4.78, 5) is 0. The fourth-order valence-corrected chi connectivity index (χ4v) is 1.37. The van der Waals surface area contributed by atoms with Gasteiger partial charge in [-0.05, 0) is 34.1 Å². The van der Waals surface area contributed by atoms with Crippen LogP contribution in [0.1, 0.15) is 40.5 Å². The predicted octanol–water partition coefficient (Wildman–Crippen LogP) is 2.89. The van der Waals surface area contributed by atoms with E-state index in [1.807, 2.05) is 6.92 Å². The number of allylic oxidation sites excluding steroid dienone is 2. The van der Waals surface area contributed by atoms with Crippen LogP contribution in [0.4, 0.5) is 0 Å². The SMILES string of the molecule is CC(C)=C(C)CCC1(C)OCCO1. The molecule has 1 saturated heterocycles. The molecule has 76 valence electrons. The molecule has 0 atom stereocenters. The zero-order valence-electron chi connectivity index (χ0n) is 9.14. The van der Waals surface area contributed by atoms with Crippen LogP contribution in [0, 0.1) is 0 Å². The van der Waals surface area contributed by atoms with Crippen molar-refractivity contribution in [3.63, 3.8) is 0 Å². The zero-order valence-corrected chi connectivity index (χ0v) is 9.14. The van der Waals surface area contributed by atoms with Gasteiger partial charge < -0.3 is 9.47 Å². The molecule has 13 heavy (non-hydrogen) atoms. The lowest BCUT2D eigenvalue weighted by atomic mass is 10.0. The molecule has 0 radical (unpaired) electrons. The highest BCUT2D eigenvalue weighted by atomic mass is 16.7. The van der Waals surface area contributed by atoms with Crippen molar-refractivity contribution in [2.45, 2.75) is 46.3 Å². The fraction of sp³-hybridized carbons (Fsp3) is 0.818. The Labute approximate surface area is 80.9 Å². The average molecular weight is 184 g/mol. The van der Waals surface area contributed by atoms with E-state index in [0.29, 0.717) is 0 Å². The second kappa shape index (κ2) is 4.25. The molecule has 1 fully saturated rings. The molecule has 0 unspecified atom stereocenters. The monoisotopic (exact) mass is 184 g/mol. The first-order chi connectivity index (χ1) is 6.03. The van der Waals surface area contributed by atoms with Crippen molar-refractivity contribution in [2.75, 3.05) is 13.2 Å². The van der Waals surface area contributed by atoms with Crippen molar-refractivity contribution in [2.24, 2.45) is 0 Å². The Morgan fingerprint density at radius 3 is 2.15 bits per heavy atom. The third-order valence-corrected chi connectivity index (χ3v) is 2.71. The van der Waals surface area contributed by atoms with Crippen LogP contribution in [0.2, 0.25) is 0 Å². The van der Waals surface area contributed by atoms with E-state index in [2.05, 4.69) is 20.8 Å². The summed E-state index contributed by atoms with van der Waals surface area (Å²) in [7, 11) is 0. The second-order valence-electron chi connectivity index (χ2n) is 4.11. The van der Waals surface area contributed by atoms with Gasteiger partial charge in [0.2, 0.25) is 0 Å². The lowest BCUT2D eigenvalue weighted by Crippen LogP contribution is -2.25. The van der Waals surface area contributed by atoms with Gasteiger partial charge in [-0.25, -0.2) is 0 Å². The van der Waals surface area contributed by atoms with Crippen LogP contribution in [0.3, 0.4) is 0 Å². The van der Waals surface area contributed by atoms with E-state index in [1.165, 1.54) is 11.1 Å². The summed E-state index contributed by atoms with van der Waals surface area (Å²) in [6.07, 6.45) is 2.03. The highest BCUT2D eigenvalue weighted by Gasteiger charge is 2.30. The maximum atomic E-state index is 5.53. The van der Waals surface area contributed by atoms with E-state index in [0.717, 1.165) is 26.1 Å². The third kappa shape index (κ3) is 3.12. The Bertz CT molecular complexity index is 196. The van der Waals surface area contributed by atoms with E-state index in [9.17, 15) is 0 Å². The summed E-state index contributed by atoms with van der Waals surface area (Å²) >= 11 is 0. The number of rotatable bonds is 3. The van der Waals surface area contributed by atoms with Crippen LogP contribution >= 0.6 is 0 Å². The van der Waals surface area contributed by atoms with Crippen molar-refractivity contribution < 1.29 is 9.47 Å². The molecule has 0 amide bonds. The van der Waals surface area contributed by atoms with Gasteiger partial charge in [0.15, 0.2) is 5.79 Å². The molecule has 1 rings (SSSR count).